The molecule has 0 radical (unpaired) electrons. The Morgan fingerprint density at radius 1 is 1.17 bits per heavy atom. The highest BCUT2D eigenvalue weighted by molar-refractivity contribution is 7.07. The van der Waals surface area contributed by atoms with Crippen molar-refractivity contribution in [1.82, 2.24) is 4.57 Å². The van der Waals surface area contributed by atoms with Crippen LogP contribution in [0.25, 0.3) is 17.4 Å². The van der Waals surface area contributed by atoms with Crippen LogP contribution in [0, 0.1) is 10.1 Å². The van der Waals surface area contributed by atoms with Crippen LogP contribution in [0.5, 0.6) is 11.5 Å². The van der Waals surface area contributed by atoms with E-state index in [1.54, 1.807) is 62.4 Å². The molecule has 2 aromatic carbocycles. The number of esters is 1. The van der Waals surface area contributed by atoms with Crippen molar-refractivity contribution in [2.45, 2.75) is 19.9 Å². The highest BCUT2D eigenvalue weighted by atomic mass is 32.1. The van der Waals surface area contributed by atoms with Crippen molar-refractivity contribution in [1.29, 1.82) is 0 Å². The van der Waals surface area contributed by atoms with Crippen LogP contribution in [0.3, 0.4) is 0 Å². The number of nitro groups is 1. The van der Waals surface area contributed by atoms with Crippen molar-refractivity contribution in [2.24, 2.45) is 4.99 Å². The minimum atomic E-state index is -0.870. The van der Waals surface area contributed by atoms with E-state index in [1.165, 1.54) is 30.9 Å². The summed E-state index contributed by atoms with van der Waals surface area (Å²) < 4.78 is 24.0. The molecular formula is C29H25N3O8S. The molecule has 12 heteroatoms. The van der Waals surface area contributed by atoms with Crippen molar-refractivity contribution in [3.8, 4) is 22.8 Å². The number of allylic oxidation sites excluding steroid dienone is 1. The number of benzene rings is 2. The summed E-state index contributed by atoms with van der Waals surface area (Å²) in [5.41, 5.74) is 1.28. The Labute approximate surface area is 237 Å². The van der Waals surface area contributed by atoms with Crippen LogP contribution in [-0.2, 0) is 9.53 Å². The largest absolute Gasteiger partial charge is 0.497 e. The number of fused-ring (bicyclic) bond motifs is 1. The first-order valence-electron chi connectivity index (χ1n) is 12.5. The van der Waals surface area contributed by atoms with Crippen molar-refractivity contribution in [3.63, 3.8) is 0 Å². The van der Waals surface area contributed by atoms with Crippen LogP contribution in [-0.4, -0.2) is 36.3 Å². The zero-order valence-corrected chi connectivity index (χ0v) is 23.4. The van der Waals surface area contributed by atoms with Crippen LogP contribution in [0.15, 0.2) is 80.1 Å². The lowest BCUT2D eigenvalue weighted by atomic mass is 9.95. The van der Waals surface area contributed by atoms with Crippen molar-refractivity contribution < 1.29 is 28.3 Å². The number of non-ortho nitro benzene ring substituents is 1. The molecule has 0 aliphatic carbocycles. The standard InChI is InChI=1S/C29H25N3O8S/c1-5-39-28(34)25-16(2)30-29-31(26(25)21-11-9-19(37-3)14-23(21)38-4)27(33)24(41-29)15-20-10-12-22(40-20)17-7-6-8-18(13-17)32(35)36/h6-15,26H,5H2,1-4H3/b24-15-/t26-/m1/s1. The minimum absolute atomic E-state index is 0.0597. The third kappa shape index (κ3) is 5.16. The number of nitro benzene ring substituents is 1. The molecule has 0 saturated heterocycles. The number of furan rings is 1. The fourth-order valence-corrected chi connectivity index (χ4v) is 5.64. The van der Waals surface area contributed by atoms with E-state index in [-0.39, 0.29) is 23.4 Å². The average molecular weight is 576 g/mol. The summed E-state index contributed by atoms with van der Waals surface area (Å²) in [6.07, 6.45) is 1.58. The topological polar surface area (TPSA) is 135 Å². The Kier molecular flexibility index (Phi) is 7.58. The summed E-state index contributed by atoms with van der Waals surface area (Å²) >= 11 is 1.15. The van der Waals surface area contributed by atoms with Gasteiger partial charge in [0.1, 0.15) is 29.1 Å². The molecule has 41 heavy (non-hydrogen) atoms. The maximum absolute atomic E-state index is 13.9. The number of rotatable bonds is 8. The molecule has 0 spiro atoms. The lowest BCUT2D eigenvalue weighted by Gasteiger charge is -2.26. The third-order valence-electron chi connectivity index (χ3n) is 6.49. The van der Waals surface area contributed by atoms with E-state index in [0.29, 0.717) is 49.2 Å². The van der Waals surface area contributed by atoms with Crippen LogP contribution in [0.1, 0.15) is 31.2 Å². The van der Waals surface area contributed by atoms with Crippen molar-refractivity contribution in [2.75, 3.05) is 20.8 Å². The number of ether oxygens (including phenoxy) is 3. The van der Waals surface area contributed by atoms with E-state index in [0.717, 1.165) is 11.3 Å². The first-order valence-corrected chi connectivity index (χ1v) is 13.3. The third-order valence-corrected chi connectivity index (χ3v) is 7.48. The average Bonchev–Trinajstić information content (AvgIpc) is 3.56. The van der Waals surface area contributed by atoms with Gasteiger partial charge in [0, 0.05) is 35.4 Å². The second-order valence-corrected chi connectivity index (χ2v) is 9.93. The maximum atomic E-state index is 13.9. The monoisotopic (exact) mass is 575 g/mol. The zero-order chi connectivity index (χ0) is 29.3. The van der Waals surface area contributed by atoms with E-state index in [2.05, 4.69) is 4.99 Å². The number of carbonyl (C=O) groups excluding carboxylic acids is 1. The summed E-state index contributed by atoms with van der Waals surface area (Å²) in [6, 6.07) is 13.7. The van der Waals surface area contributed by atoms with E-state index in [9.17, 15) is 19.7 Å². The second-order valence-electron chi connectivity index (χ2n) is 8.92. The highest BCUT2D eigenvalue weighted by Gasteiger charge is 2.35. The Morgan fingerprint density at radius 2 is 1.98 bits per heavy atom. The van der Waals surface area contributed by atoms with Gasteiger partial charge in [0.2, 0.25) is 0 Å². The number of aromatic nitrogens is 1. The molecule has 3 heterocycles. The Morgan fingerprint density at radius 3 is 2.68 bits per heavy atom. The van der Waals surface area contributed by atoms with E-state index in [1.807, 2.05) is 0 Å². The van der Waals surface area contributed by atoms with Gasteiger partial charge in [0.05, 0.1) is 41.6 Å². The number of nitrogens with zero attached hydrogens (tertiary/aromatic N) is 3. The molecule has 1 atom stereocenters. The predicted molar refractivity (Wildman–Crippen MR) is 151 cm³/mol. The van der Waals surface area contributed by atoms with Gasteiger partial charge in [0.15, 0.2) is 4.80 Å². The van der Waals surface area contributed by atoms with E-state index < -0.39 is 16.9 Å². The van der Waals surface area contributed by atoms with Gasteiger partial charge in [-0.05, 0) is 38.1 Å². The lowest BCUT2D eigenvalue weighted by molar-refractivity contribution is -0.384. The van der Waals surface area contributed by atoms with Crippen LogP contribution >= 0.6 is 11.3 Å². The Bertz CT molecular complexity index is 1880. The summed E-state index contributed by atoms with van der Waals surface area (Å²) in [4.78, 5) is 42.7. The van der Waals surface area contributed by atoms with Gasteiger partial charge < -0.3 is 18.6 Å². The maximum Gasteiger partial charge on any atom is 0.338 e. The highest BCUT2D eigenvalue weighted by Crippen LogP contribution is 2.37. The number of methoxy groups -OCH3 is 2. The SMILES string of the molecule is CCOC(=O)C1=C(C)N=c2s/c(=C\c3ccc(-c4cccc([N+](=O)[O-])c4)o3)c(=O)n2[C@@H]1c1ccc(OC)cc1OC. The molecule has 0 saturated carbocycles. The van der Waals surface area contributed by atoms with Crippen LogP contribution in [0.4, 0.5) is 5.69 Å². The van der Waals surface area contributed by atoms with Crippen LogP contribution < -0.4 is 24.4 Å². The molecule has 0 amide bonds. The molecule has 5 rings (SSSR count). The van der Waals surface area contributed by atoms with E-state index >= 15 is 0 Å². The summed E-state index contributed by atoms with van der Waals surface area (Å²) in [7, 11) is 3.03. The molecule has 11 nitrogen and oxygen atoms in total. The first kappa shape index (κ1) is 27.6. The van der Waals surface area contributed by atoms with Gasteiger partial charge in [-0.1, -0.05) is 23.5 Å². The fraction of sp³-hybridized carbons (Fsp3) is 0.207. The molecule has 2 aromatic heterocycles. The number of hydrogen-bond acceptors (Lipinski definition) is 10. The second kappa shape index (κ2) is 11.3. The first-order chi connectivity index (χ1) is 19.7. The predicted octanol–water partition coefficient (Wildman–Crippen LogP) is 3.98. The molecule has 1 aliphatic rings. The van der Waals surface area contributed by atoms with E-state index in [4.69, 9.17) is 18.6 Å². The zero-order valence-electron chi connectivity index (χ0n) is 22.6. The number of thiazole rings is 1. The lowest BCUT2D eigenvalue weighted by Crippen LogP contribution is -2.40. The molecule has 0 unspecified atom stereocenters. The van der Waals surface area contributed by atoms with Crippen LogP contribution in [0.2, 0.25) is 0 Å². The van der Waals surface area contributed by atoms with Gasteiger partial charge >= 0.3 is 5.97 Å². The normalized spacial score (nSPS) is 14.8. The molecular weight excluding hydrogens is 550 g/mol. The fourth-order valence-electron chi connectivity index (χ4n) is 4.62. The van der Waals surface area contributed by atoms with Gasteiger partial charge in [-0.3, -0.25) is 19.5 Å². The summed E-state index contributed by atoms with van der Waals surface area (Å²) in [6.45, 7) is 3.55. The number of carbonyl (C=O) groups is 1. The number of hydrogen-bond donors (Lipinski definition) is 0. The van der Waals surface area contributed by atoms with Gasteiger partial charge in [-0.2, -0.15) is 0 Å². The Balaban J connectivity index is 1.65. The van der Waals surface area contributed by atoms with Gasteiger partial charge in [0.25, 0.3) is 11.2 Å². The molecule has 210 valence electrons. The van der Waals surface area contributed by atoms with Crippen molar-refractivity contribution in [3.05, 3.63) is 107 Å². The molecule has 1 aliphatic heterocycles. The quantitative estimate of drug-likeness (QED) is 0.175. The van der Waals surface area contributed by atoms with Gasteiger partial charge in [-0.15, -0.1) is 0 Å². The molecule has 0 N–H and O–H groups in total. The smallest absolute Gasteiger partial charge is 0.338 e. The van der Waals surface area contributed by atoms with Crippen molar-refractivity contribution >= 4 is 29.1 Å². The Hall–Kier alpha value is -4.97. The van der Waals surface area contributed by atoms with Gasteiger partial charge in [-0.25, -0.2) is 9.79 Å². The molecule has 0 bridgehead atoms. The minimum Gasteiger partial charge on any atom is -0.497 e. The molecule has 4 aromatic rings. The summed E-state index contributed by atoms with van der Waals surface area (Å²) in [5.74, 6) is 1.17. The molecule has 0 fully saturated rings. The summed E-state index contributed by atoms with van der Waals surface area (Å²) in [5, 5.41) is 11.2.